The van der Waals surface area contributed by atoms with Crippen LogP contribution in [0, 0.1) is 0 Å². The Kier molecular flexibility index (Phi) is 3.92. The molecular formula is C18H20N4. The quantitative estimate of drug-likeness (QED) is 0.792. The average Bonchev–Trinajstić information content (AvgIpc) is 2.55. The Bertz CT molecular complexity index is 768. The van der Waals surface area contributed by atoms with Crippen LogP contribution < -0.4 is 10.2 Å². The topological polar surface area (TPSA) is 41.1 Å². The molecule has 112 valence electrons. The third-order valence-corrected chi connectivity index (χ3v) is 3.64. The summed E-state index contributed by atoms with van der Waals surface area (Å²) in [6.45, 7) is 2.14. The third-order valence-electron chi connectivity index (χ3n) is 3.64. The van der Waals surface area contributed by atoms with E-state index in [0.717, 1.165) is 16.7 Å². The normalized spacial score (nSPS) is 12.1. The largest absolute Gasteiger partial charge is 0.363 e. The Morgan fingerprint density at radius 1 is 0.909 bits per heavy atom. The molecule has 0 saturated heterocycles. The van der Waals surface area contributed by atoms with Crippen LogP contribution in [0.2, 0.25) is 0 Å². The summed E-state index contributed by atoms with van der Waals surface area (Å²) in [5.74, 6) is 1.58. The highest BCUT2D eigenvalue weighted by molar-refractivity contribution is 5.90. The molecule has 0 aliphatic carbocycles. The molecule has 0 spiro atoms. The van der Waals surface area contributed by atoms with Gasteiger partial charge in [-0.3, -0.25) is 0 Å². The average molecular weight is 292 g/mol. The number of benzene rings is 2. The first-order chi connectivity index (χ1) is 10.6. The molecule has 1 heterocycles. The number of rotatable bonds is 4. The first-order valence-corrected chi connectivity index (χ1v) is 7.41. The van der Waals surface area contributed by atoms with Gasteiger partial charge in [-0.25, -0.2) is 4.98 Å². The number of hydrogen-bond donors (Lipinski definition) is 1. The van der Waals surface area contributed by atoms with Crippen LogP contribution in [0.25, 0.3) is 10.9 Å². The van der Waals surface area contributed by atoms with Crippen molar-refractivity contribution in [3.63, 3.8) is 0 Å². The Hall–Kier alpha value is -2.62. The van der Waals surface area contributed by atoms with Gasteiger partial charge in [-0.05, 0) is 24.6 Å². The molecule has 0 aliphatic rings. The smallest absolute Gasteiger partial charge is 0.227 e. The highest BCUT2D eigenvalue weighted by Gasteiger charge is 2.12. The molecule has 0 saturated carbocycles. The van der Waals surface area contributed by atoms with Crippen LogP contribution in [0.4, 0.5) is 11.8 Å². The molecule has 0 radical (unpaired) electrons. The summed E-state index contributed by atoms with van der Waals surface area (Å²) in [6.07, 6.45) is 0. The number of anilines is 2. The van der Waals surface area contributed by atoms with Crippen LogP contribution in [0.5, 0.6) is 0 Å². The van der Waals surface area contributed by atoms with Gasteiger partial charge in [0.05, 0.1) is 5.52 Å². The highest BCUT2D eigenvalue weighted by atomic mass is 15.2. The van der Waals surface area contributed by atoms with E-state index in [4.69, 9.17) is 0 Å². The molecule has 1 atom stereocenters. The SMILES string of the molecule is CC(Nc1nc(N(C)C)nc2ccccc12)c1ccccc1. The van der Waals surface area contributed by atoms with E-state index in [1.165, 1.54) is 5.56 Å². The summed E-state index contributed by atoms with van der Waals surface area (Å²) >= 11 is 0. The monoisotopic (exact) mass is 292 g/mol. The van der Waals surface area contributed by atoms with Crippen molar-refractivity contribution in [3.8, 4) is 0 Å². The highest BCUT2D eigenvalue weighted by Crippen LogP contribution is 2.26. The number of para-hydroxylation sites is 1. The minimum atomic E-state index is 0.175. The number of nitrogens with one attached hydrogen (secondary N) is 1. The van der Waals surface area contributed by atoms with E-state index in [0.29, 0.717) is 5.95 Å². The third kappa shape index (κ3) is 2.86. The minimum Gasteiger partial charge on any atom is -0.363 e. The Balaban J connectivity index is 2.02. The molecule has 1 unspecified atom stereocenters. The maximum atomic E-state index is 4.67. The number of hydrogen-bond acceptors (Lipinski definition) is 4. The van der Waals surface area contributed by atoms with Gasteiger partial charge in [0.15, 0.2) is 0 Å². The Labute approximate surface area is 130 Å². The van der Waals surface area contributed by atoms with Crippen LogP contribution >= 0.6 is 0 Å². The molecule has 22 heavy (non-hydrogen) atoms. The van der Waals surface area contributed by atoms with E-state index >= 15 is 0 Å². The zero-order valence-electron chi connectivity index (χ0n) is 13.1. The van der Waals surface area contributed by atoms with E-state index < -0.39 is 0 Å². The summed E-state index contributed by atoms with van der Waals surface area (Å²) in [6, 6.07) is 18.6. The molecule has 0 bridgehead atoms. The van der Waals surface area contributed by atoms with Crippen molar-refractivity contribution in [2.24, 2.45) is 0 Å². The predicted molar refractivity (Wildman–Crippen MR) is 92.3 cm³/mol. The lowest BCUT2D eigenvalue weighted by molar-refractivity contribution is 0.873. The van der Waals surface area contributed by atoms with Crippen molar-refractivity contribution in [1.29, 1.82) is 0 Å². The standard InChI is InChI=1S/C18H20N4/c1-13(14-9-5-4-6-10-14)19-17-15-11-7-8-12-16(15)20-18(21-17)22(2)3/h4-13H,1-3H3,(H,19,20,21). The first kappa shape index (κ1) is 14.3. The summed E-state index contributed by atoms with van der Waals surface area (Å²) < 4.78 is 0. The maximum Gasteiger partial charge on any atom is 0.227 e. The summed E-state index contributed by atoms with van der Waals surface area (Å²) in [5, 5.41) is 4.56. The van der Waals surface area contributed by atoms with Crippen molar-refractivity contribution in [2.75, 3.05) is 24.3 Å². The van der Waals surface area contributed by atoms with Crippen LogP contribution in [0.3, 0.4) is 0 Å². The van der Waals surface area contributed by atoms with Crippen molar-refractivity contribution >= 4 is 22.7 Å². The van der Waals surface area contributed by atoms with Gasteiger partial charge < -0.3 is 10.2 Å². The van der Waals surface area contributed by atoms with E-state index in [2.05, 4.69) is 52.5 Å². The maximum absolute atomic E-state index is 4.67. The molecule has 1 aromatic heterocycles. The molecule has 4 heteroatoms. The molecule has 0 aliphatic heterocycles. The predicted octanol–water partition coefficient (Wildman–Crippen LogP) is 3.87. The fraction of sp³-hybridized carbons (Fsp3) is 0.222. The van der Waals surface area contributed by atoms with Crippen molar-refractivity contribution < 1.29 is 0 Å². The fourth-order valence-electron chi connectivity index (χ4n) is 2.40. The molecular weight excluding hydrogens is 272 g/mol. The van der Waals surface area contributed by atoms with Gasteiger partial charge in [0.1, 0.15) is 5.82 Å². The van der Waals surface area contributed by atoms with Gasteiger partial charge >= 0.3 is 0 Å². The number of nitrogens with zero attached hydrogens (tertiary/aromatic N) is 3. The van der Waals surface area contributed by atoms with Gasteiger partial charge in [0, 0.05) is 25.5 Å². The van der Waals surface area contributed by atoms with Gasteiger partial charge in [-0.2, -0.15) is 4.98 Å². The Morgan fingerprint density at radius 3 is 2.32 bits per heavy atom. The molecule has 0 amide bonds. The fourth-order valence-corrected chi connectivity index (χ4v) is 2.40. The minimum absolute atomic E-state index is 0.175. The zero-order chi connectivity index (χ0) is 15.5. The first-order valence-electron chi connectivity index (χ1n) is 7.41. The van der Waals surface area contributed by atoms with Crippen molar-refractivity contribution in [2.45, 2.75) is 13.0 Å². The van der Waals surface area contributed by atoms with Crippen molar-refractivity contribution in [1.82, 2.24) is 9.97 Å². The molecule has 3 aromatic rings. The van der Waals surface area contributed by atoms with Crippen LogP contribution in [0.15, 0.2) is 54.6 Å². The van der Waals surface area contributed by atoms with E-state index in [1.807, 2.05) is 43.3 Å². The van der Waals surface area contributed by atoms with Gasteiger partial charge in [0.25, 0.3) is 0 Å². The molecule has 3 rings (SSSR count). The second kappa shape index (κ2) is 6.02. The van der Waals surface area contributed by atoms with Crippen molar-refractivity contribution in [3.05, 3.63) is 60.2 Å². The summed E-state index contributed by atoms with van der Waals surface area (Å²) in [7, 11) is 3.91. The Morgan fingerprint density at radius 2 is 1.59 bits per heavy atom. The molecule has 4 nitrogen and oxygen atoms in total. The number of fused-ring (bicyclic) bond motifs is 1. The summed E-state index contributed by atoms with van der Waals surface area (Å²) in [4.78, 5) is 11.2. The van der Waals surface area contributed by atoms with E-state index in [1.54, 1.807) is 0 Å². The van der Waals surface area contributed by atoms with Gasteiger partial charge in [-0.1, -0.05) is 42.5 Å². The molecule has 0 fully saturated rings. The summed E-state index contributed by atoms with van der Waals surface area (Å²) in [5.41, 5.74) is 2.18. The lowest BCUT2D eigenvalue weighted by Crippen LogP contribution is -2.15. The van der Waals surface area contributed by atoms with Crippen LogP contribution in [0.1, 0.15) is 18.5 Å². The van der Waals surface area contributed by atoms with Gasteiger partial charge in [-0.15, -0.1) is 0 Å². The molecule has 2 aromatic carbocycles. The van der Waals surface area contributed by atoms with Gasteiger partial charge in [0.2, 0.25) is 5.95 Å². The number of aromatic nitrogens is 2. The zero-order valence-corrected chi connectivity index (χ0v) is 13.1. The lowest BCUT2D eigenvalue weighted by atomic mass is 10.1. The second-order valence-electron chi connectivity index (χ2n) is 5.56. The van der Waals surface area contributed by atoms with E-state index in [-0.39, 0.29) is 6.04 Å². The molecule has 1 N–H and O–H groups in total. The van der Waals surface area contributed by atoms with Crippen LogP contribution in [-0.2, 0) is 0 Å². The second-order valence-corrected chi connectivity index (χ2v) is 5.56. The van der Waals surface area contributed by atoms with E-state index in [9.17, 15) is 0 Å². The lowest BCUT2D eigenvalue weighted by Gasteiger charge is -2.18. The van der Waals surface area contributed by atoms with Crippen LogP contribution in [-0.4, -0.2) is 24.1 Å².